The van der Waals surface area contributed by atoms with Gasteiger partial charge in [0, 0.05) is 0 Å². The summed E-state index contributed by atoms with van der Waals surface area (Å²) >= 11 is 0. The zero-order chi connectivity index (χ0) is 9.68. The minimum Gasteiger partial charge on any atom is -0.393 e. The van der Waals surface area contributed by atoms with Gasteiger partial charge < -0.3 is 9.84 Å². The van der Waals surface area contributed by atoms with Crippen molar-refractivity contribution < 1.29 is 9.84 Å². The number of aliphatic hydroxyl groups excluding tert-OH is 1. The first kappa shape index (κ1) is 11.0. The molecule has 0 spiro atoms. The summed E-state index contributed by atoms with van der Waals surface area (Å²) in [5.74, 6) is 0. The third-order valence-electron chi connectivity index (χ3n) is 2.72. The summed E-state index contributed by atoms with van der Waals surface area (Å²) in [6.07, 6.45) is 6.91. The van der Waals surface area contributed by atoms with E-state index >= 15 is 0 Å². The predicted molar refractivity (Wildman–Crippen MR) is 53.7 cm³/mol. The van der Waals surface area contributed by atoms with Crippen LogP contribution in [0.1, 0.15) is 52.4 Å². The summed E-state index contributed by atoms with van der Waals surface area (Å²) in [6, 6.07) is 0. The quantitative estimate of drug-likeness (QED) is 0.731. The van der Waals surface area contributed by atoms with Gasteiger partial charge in [0.1, 0.15) is 0 Å². The molecule has 2 heteroatoms. The summed E-state index contributed by atoms with van der Waals surface area (Å²) < 4.78 is 5.84. The lowest BCUT2D eigenvalue weighted by molar-refractivity contribution is -0.0521. The van der Waals surface area contributed by atoms with Crippen LogP contribution in [0.4, 0.5) is 0 Å². The molecule has 0 aromatic heterocycles. The van der Waals surface area contributed by atoms with Crippen LogP contribution in [-0.2, 0) is 4.74 Å². The SMILES string of the molecule is CCCC(C)OC1CCC[C@@H](O)C1. The highest BCUT2D eigenvalue weighted by Gasteiger charge is 2.21. The summed E-state index contributed by atoms with van der Waals surface area (Å²) in [5, 5.41) is 9.44. The Hall–Kier alpha value is -0.0800. The van der Waals surface area contributed by atoms with Crippen LogP contribution in [0.15, 0.2) is 0 Å². The second-order valence-corrected chi connectivity index (χ2v) is 4.18. The molecule has 3 atom stereocenters. The Morgan fingerprint density at radius 2 is 2.23 bits per heavy atom. The molecule has 1 N–H and O–H groups in total. The van der Waals surface area contributed by atoms with Crippen molar-refractivity contribution in [1.29, 1.82) is 0 Å². The van der Waals surface area contributed by atoms with Crippen molar-refractivity contribution in [1.82, 2.24) is 0 Å². The molecule has 1 saturated carbocycles. The molecule has 78 valence electrons. The number of aliphatic hydroxyl groups is 1. The zero-order valence-electron chi connectivity index (χ0n) is 8.83. The van der Waals surface area contributed by atoms with E-state index < -0.39 is 0 Å². The Balaban J connectivity index is 2.19. The molecule has 0 radical (unpaired) electrons. The lowest BCUT2D eigenvalue weighted by Gasteiger charge is -2.28. The molecule has 0 saturated heterocycles. The van der Waals surface area contributed by atoms with E-state index in [1.54, 1.807) is 0 Å². The second kappa shape index (κ2) is 5.61. The van der Waals surface area contributed by atoms with Gasteiger partial charge in [-0.2, -0.15) is 0 Å². The van der Waals surface area contributed by atoms with Gasteiger partial charge in [-0.25, -0.2) is 0 Å². The molecule has 0 heterocycles. The van der Waals surface area contributed by atoms with E-state index in [0.717, 1.165) is 32.1 Å². The van der Waals surface area contributed by atoms with Crippen molar-refractivity contribution in [2.24, 2.45) is 0 Å². The molecule has 0 aromatic rings. The maximum atomic E-state index is 9.44. The number of hydrogen-bond donors (Lipinski definition) is 1. The number of hydrogen-bond acceptors (Lipinski definition) is 2. The van der Waals surface area contributed by atoms with Crippen molar-refractivity contribution in [3.63, 3.8) is 0 Å². The summed E-state index contributed by atoms with van der Waals surface area (Å²) in [6.45, 7) is 4.31. The Morgan fingerprint density at radius 1 is 1.46 bits per heavy atom. The van der Waals surface area contributed by atoms with Crippen molar-refractivity contribution >= 4 is 0 Å². The highest BCUT2D eigenvalue weighted by molar-refractivity contribution is 4.73. The molecule has 0 aromatic carbocycles. The lowest BCUT2D eigenvalue weighted by Crippen LogP contribution is -2.28. The standard InChI is InChI=1S/C11H22O2/c1-3-5-9(2)13-11-7-4-6-10(12)8-11/h9-12H,3-8H2,1-2H3/t9?,10-,11?/m1/s1. The van der Waals surface area contributed by atoms with E-state index in [0.29, 0.717) is 12.2 Å². The Bertz CT molecular complexity index is 136. The molecular formula is C11H22O2. The van der Waals surface area contributed by atoms with Gasteiger partial charge in [-0.1, -0.05) is 13.3 Å². The van der Waals surface area contributed by atoms with Crippen molar-refractivity contribution in [3.05, 3.63) is 0 Å². The highest BCUT2D eigenvalue weighted by atomic mass is 16.5. The number of ether oxygens (including phenoxy) is 1. The predicted octanol–water partition coefficient (Wildman–Crippen LogP) is 2.50. The van der Waals surface area contributed by atoms with Gasteiger partial charge in [0.05, 0.1) is 18.3 Å². The maximum absolute atomic E-state index is 9.44. The summed E-state index contributed by atoms with van der Waals surface area (Å²) in [4.78, 5) is 0. The zero-order valence-corrected chi connectivity index (χ0v) is 8.83. The van der Waals surface area contributed by atoms with Crippen LogP contribution in [0.5, 0.6) is 0 Å². The molecule has 0 aliphatic heterocycles. The highest BCUT2D eigenvalue weighted by Crippen LogP contribution is 2.22. The van der Waals surface area contributed by atoms with Gasteiger partial charge in [0.15, 0.2) is 0 Å². The van der Waals surface area contributed by atoms with Gasteiger partial charge in [-0.05, 0) is 39.0 Å². The van der Waals surface area contributed by atoms with Crippen LogP contribution in [0.25, 0.3) is 0 Å². The molecule has 1 aliphatic carbocycles. The van der Waals surface area contributed by atoms with E-state index in [9.17, 15) is 5.11 Å². The molecule has 2 unspecified atom stereocenters. The van der Waals surface area contributed by atoms with Crippen molar-refractivity contribution in [2.45, 2.75) is 70.7 Å². The Morgan fingerprint density at radius 3 is 2.85 bits per heavy atom. The molecular weight excluding hydrogens is 164 g/mol. The topological polar surface area (TPSA) is 29.5 Å². The van der Waals surface area contributed by atoms with E-state index in [4.69, 9.17) is 4.74 Å². The largest absolute Gasteiger partial charge is 0.393 e. The van der Waals surface area contributed by atoms with Crippen LogP contribution < -0.4 is 0 Å². The minimum absolute atomic E-state index is 0.118. The molecule has 2 nitrogen and oxygen atoms in total. The lowest BCUT2D eigenvalue weighted by atomic mass is 9.95. The van der Waals surface area contributed by atoms with E-state index in [1.807, 2.05) is 0 Å². The first-order valence-electron chi connectivity index (χ1n) is 5.56. The first-order chi connectivity index (χ1) is 6.22. The normalized spacial score (nSPS) is 31.6. The monoisotopic (exact) mass is 186 g/mol. The van der Waals surface area contributed by atoms with Gasteiger partial charge in [-0.3, -0.25) is 0 Å². The Labute approximate surface area is 81.3 Å². The van der Waals surface area contributed by atoms with Crippen LogP contribution in [0.2, 0.25) is 0 Å². The Kier molecular flexibility index (Phi) is 4.74. The fourth-order valence-corrected chi connectivity index (χ4v) is 2.05. The van der Waals surface area contributed by atoms with Gasteiger partial charge in [0.2, 0.25) is 0 Å². The van der Waals surface area contributed by atoms with Crippen molar-refractivity contribution in [2.75, 3.05) is 0 Å². The molecule has 1 rings (SSSR count). The van der Waals surface area contributed by atoms with Gasteiger partial charge in [-0.15, -0.1) is 0 Å². The minimum atomic E-state index is -0.118. The molecule has 1 fully saturated rings. The first-order valence-corrected chi connectivity index (χ1v) is 5.56. The smallest absolute Gasteiger partial charge is 0.0603 e. The third-order valence-corrected chi connectivity index (χ3v) is 2.72. The third kappa shape index (κ3) is 4.10. The second-order valence-electron chi connectivity index (χ2n) is 4.18. The van der Waals surface area contributed by atoms with Gasteiger partial charge >= 0.3 is 0 Å². The fraction of sp³-hybridized carbons (Fsp3) is 1.00. The maximum Gasteiger partial charge on any atom is 0.0603 e. The molecule has 0 bridgehead atoms. The van der Waals surface area contributed by atoms with Crippen LogP contribution in [-0.4, -0.2) is 23.4 Å². The average molecular weight is 186 g/mol. The van der Waals surface area contributed by atoms with Gasteiger partial charge in [0.25, 0.3) is 0 Å². The fourth-order valence-electron chi connectivity index (χ4n) is 2.05. The van der Waals surface area contributed by atoms with Crippen molar-refractivity contribution in [3.8, 4) is 0 Å². The van der Waals surface area contributed by atoms with Crippen LogP contribution in [0.3, 0.4) is 0 Å². The van der Waals surface area contributed by atoms with E-state index in [-0.39, 0.29) is 6.10 Å². The summed E-state index contributed by atoms with van der Waals surface area (Å²) in [7, 11) is 0. The summed E-state index contributed by atoms with van der Waals surface area (Å²) in [5.41, 5.74) is 0. The molecule has 13 heavy (non-hydrogen) atoms. The van der Waals surface area contributed by atoms with Crippen LogP contribution >= 0.6 is 0 Å². The average Bonchev–Trinajstić information content (AvgIpc) is 2.04. The van der Waals surface area contributed by atoms with E-state index in [1.165, 1.54) is 6.42 Å². The molecule has 1 aliphatic rings. The number of rotatable bonds is 4. The molecule has 0 amide bonds. The van der Waals surface area contributed by atoms with E-state index in [2.05, 4.69) is 13.8 Å². The van der Waals surface area contributed by atoms with Crippen LogP contribution in [0, 0.1) is 0 Å².